The van der Waals surface area contributed by atoms with E-state index in [-0.39, 0.29) is 11.3 Å². The Morgan fingerprint density at radius 2 is 1.96 bits per heavy atom. The van der Waals surface area contributed by atoms with Crippen LogP contribution in [0.5, 0.6) is 0 Å². The van der Waals surface area contributed by atoms with Gasteiger partial charge in [-0.05, 0) is 36.8 Å². The predicted molar refractivity (Wildman–Crippen MR) is 110 cm³/mol. The van der Waals surface area contributed by atoms with Crippen LogP contribution in [-0.4, -0.2) is 27.0 Å². The maximum absolute atomic E-state index is 11.7. The molecule has 0 aliphatic carbocycles. The third-order valence-electron chi connectivity index (χ3n) is 3.96. The summed E-state index contributed by atoms with van der Waals surface area (Å²) in [4.78, 5) is 13.9. The van der Waals surface area contributed by atoms with Crippen LogP contribution in [0.1, 0.15) is 39.1 Å². The third kappa shape index (κ3) is 4.57. The van der Waals surface area contributed by atoms with Crippen LogP contribution in [0.4, 0.5) is 0 Å². The van der Waals surface area contributed by atoms with Crippen molar-refractivity contribution in [1.29, 1.82) is 0 Å². The Kier molecular flexibility index (Phi) is 5.65. The number of likely N-dealkylation sites (N-methyl/N-ethyl adjacent to an activating group) is 1. The van der Waals surface area contributed by atoms with Crippen LogP contribution in [0, 0.1) is 0 Å². The molecular formula is C21H24N4OS. The number of fused-ring (bicyclic) bond motifs is 1. The predicted octanol–water partition coefficient (Wildman–Crippen LogP) is 4.33. The van der Waals surface area contributed by atoms with Crippen molar-refractivity contribution in [3.05, 3.63) is 60.1 Å². The summed E-state index contributed by atoms with van der Waals surface area (Å²) in [7, 11) is 0. The third-order valence-corrected chi connectivity index (χ3v) is 5.03. The van der Waals surface area contributed by atoms with Gasteiger partial charge in [0.05, 0.1) is 0 Å². The molecule has 1 aromatic carbocycles. The van der Waals surface area contributed by atoms with Gasteiger partial charge < -0.3 is 5.32 Å². The van der Waals surface area contributed by atoms with Gasteiger partial charge in [0, 0.05) is 34.0 Å². The van der Waals surface area contributed by atoms with Gasteiger partial charge in [0.1, 0.15) is 5.82 Å². The van der Waals surface area contributed by atoms with E-state index in [9.17, 15) is 4.79 Å². The highest BCUT2D eigenvalue weighted by molar-refractivity contribution is 7.99. The summed E-state index contributed by atoms with van der Waals surface area (Å²) in [5.41, 5.74) is 1.76. The van der Waals surface area contributed by atoms with Crippen LogP contribution in [0.25, 0.3) is 11.7 Å². The minimum atomic E-state index is -0.0873. The highest BCUT2D eigenvalue weighted by Gasteiger charge is 2.21. The van der Waals surface area contributed by atoms with Gasteiger partial charge in [-0.15, -0.1) is 10.2 Å². The van der Waals surface area contributed by atoms with Crippen molar-refractivity contribution in [1.82, 2.24) is 19.9 Å². The molecule has 0 saturated heterocycles. The zero-order valence-electron chi connectivity index (χ0n) is 16.1. The summed E-state index contributed by atoms with van der Waals surface area (Å²) in [6.07, 6.45) is 5.50. The number of nitrogens with zero attached hydrogens (tertiary/aromatic N) is 3. The lowest BCUT2D eigenvalue weighted by atomic mass is 9.96. The number of hydrogen-bond acceptors (Lipinski definition) is 4. The molecule has 0 radical (unpaired) electrons. The molecule has 0 atom stereocenters. The molecule has 0 aliphatic rings. The maximum Gasteiger partial charge on any atom is 0.243 e. The second-order valence-electron chi connectivity index (χ2n) is 7.23. The smallest absolute Gasteiger partial charge is 0.243 e. The maximum atomic E-state index is 11.7. The highest BCUT2D eigenvalue weighted by Crippen LogP contribution is 2.32. The van der Waals surface area contributed by atoms with Gasteiger partial charge in [-0.1, -0.05) is 50.7 Å². The van der Waals surface area contributed by atoms with Crippen molar-refractivity contribution in [2.75, 3.05) is 6.54 Å². The molecule has 5 nitrogen and oxygen atoms in total. The Hall–Kier alpha value is -2.60. The molecule has 0 fully saturated rings. The zero-order valence-corrected chi connectivity index (χ0v) is 16.9. The summed E-state index contributed by atoms with van der Waals surface area (Å²) >= 11 is 1.66. The van der Waals surface area contributed by atoms with Crippen molar-refractivity contribution >= 4 is 29.4 Å². The SMILES string of the molecule is CCNC(=O)/C=C/c1ccccc1Sc1ccc2nnc(C(C)(C)C)n2c1. The lowest BCUT2D eigenvalue weighted by Gasteiger charge is -2.16. The van der Waals surface area contributed by atoms with Gasteiger partial charge in [0.15, 0.2) is 5.65 Å². The van der Waals surface area contributed by atoms with Gasteiger partial charge in [0.25, 0.3) is 0 Å². The van der Waals surface area contributed by atoms with Crippen molar-refractivity contribution in [3.63, 3.8) is 0 Å². The lowest BCUT2D eigenvalue weighted by molar-refractivity contribution is -0.116. The van der Waals surface area contributed by atoms with E-state index in [0.717, 1.165) is 26.8 Å². The lowest BCUT2D eigenvalue weighted by Crippen LogP contribution is -2.19. The van der Waals surface area contributed by atoms with Crippen molar-refractivity contribution in [2.24, 2.45) is 0 Å². The first-order valence-corrected chi connectivity index (χ1v) is 9.78. The standard InChI is InChI=1S/C21H24N4OS/c1-5-22-19(26)13-10-15-8-6-7-9-17(15)27-16-11-12-18-23-24-20(21(2,3)4)25(18)14-16/h6-14H,5H2,1-4H3,(H,22,26)/b13-10+. The van der Waals surface area contributed by atoms with E-state index in [0.29, 0.717) is 6.54 Å². The number of nitrogens with one attached hydrogen (secondary N) is 1. The van der Waals surface area contributed by atoms with Gasteiger partial charge in [-0.2, -0.15) is 0 Å². The molecule has 3 rings (SSSR count). The summed E-state index contributed by atoms with van der Waals surface area (Å²) in [5.74, 6) is 0.849. The number of rotatable bonds is 5. The quantitative estimate of drug-likeness (QED) is 0.670. The second kappa shape index (κ2) is 7.96. The first-order chi connectivity index (χ1) is 12.9. The number of pyridine rings is 1. The first-order valence-electron chi connectivity index (χ1n) is 8.96. The van der Waals surface area contributed by atoms with E-state index in [1.54, 1.807) is 17.8 Å². The Morgan fingerprint density at radius 1 is 1.19 bits per heavy atom. The number of amides is 1. The van der Waals surface area contributed by atoms with E-state index < -0.39 is 0 Å². The fraction of sp³-hybridized carbons (Fsp3) is 0.286. The Morgan fingerprint density at radius 3 is 2.70 bits per heavy atom. The number of aromatic nitrogens is 3. The molecule has 0 unspecified atom stereocenters. The van der Waals surface area contributed by atoms with Gasteiger partial charge in [-0.3, -0.25) is 9.20 Å². The second-order valence-corrected chi connectivity index (χ2v) is 8.35. The Balaban J connectivity index is 1.91. The summed E-state index contributed by atoms with van der Waals surface area (Å²) in [5, 5.41) is 11.4. The summed E-state index contributed by atoms with van der Waals surface area (Å²) in [6, 6.07) is 12.1. The van der Waals surface area contributed by atoms with E-state index in [1.165, 1.54) is 0 Å². The summed E-state index contributed by atoms with van der Waals surface area (Å²) < 4.78 is 2.05. The molecule has 2 heterocycles. The van der Waals surface area contributed by atoms with E-state index in [2.05, 4.69) is 52.9 Å². The number of hydrogen-bond donors (Lipinski definition) is 1. The van der Waals surface area contributed by atoms with Crippen LogP contribution in [-0.2, 0) is 10.2 Å². The molecular weight excluding hydrogens is 356 g/mol. The van der Waals surface area contributed by atoms with E-state index in [4.69, 9.17) is 0 Å². The molecule has 1 N–H and O–H groups in total. The molecule has 1 amide bonds. The monoisotopic (exact) mass is 380 g/mol. The van der Waals surface area contributed by atoms with Crippen molar-refractivity contribution < 1.29 is 4.79 Å². The van der Waals surface area contributed by atoms with Gasteiger partial charge >= 0.3 is 0 Å². The van der Waals surface area contributed by atoms with Crippen molar-refractivity contribution in [2.45, 2.75) is 42.9 Å². The van der Waals surface area contributed by atoms with Gasteiger partial charge in [-0.25, -0.2) is 0 Å². The average Bonchev–Trinajstić information content (AvgIpc) is 3.05. The van der Waals surface area contributed by atoms with Crippen LogP contribution < -0.4 is 5.32 Å². The fourth-order valence-corrected chi connectivity index (χ4v) is 3.63. The van der Waals surface area contributed by atoms with Crippen LogP contribution in [0.2, 0.25) is 0 Å². The molecule has 2 aromatic heterocycles. The Bertz CT molecular complexity index is 985. The first kappa shape index (κ1) is 19.2. The van der Waals surface area contributed by atoms with Crippen molar-refractivity contribution in [3.8, 4) is 0 Å². The molecule has 27 heavy (non-hydrogen) atoms. The topological polar surface area (TPSA) is 59.3 Å². The number of benzene rings is 1. The summed E-state index contributed by atoms with van der Waals surface area (Å²) in [6.45, 7) is 8.91. The average molecular weight is 381 g/mol. The fourth-order valence-electron chi connectivity index (χ4n) is 2.68. The molecule has 0 spiro atoms. The zero-order chi connectivity index (χ0) is 19.4. The van der Waals surface area contributed by atoms with E-state index in [1.807, 2.05) is 43.3 Å². The highest BCUT2D eigenvalue weighted by atomic mass is 32.2. The van der Waals surface area contributed by atoms with E-state index >= 15 is 0 Å². The minimum Gasteiger partial charge on any atom is -0.353 e. The minimum absolute atomic E-state index is 0.0852. The molecule has 140 valence electrons. The molecule has 3 aromatic rings. The van der Waals surface area contributed by atoms with Crippen LogP contribution >= 0.6 is 11.8 Å². The molecule has 0 bridgehead atoms. The number of carbonyl (C=O) groups excluding carboxylic acids is 1. The largest absolute Gasteiger partial charge is 0.353 e. The molecule has 0 saturated carbocycles. The molecule has 6 heteroatoms. The van der Waals surface area contributed by atoms with Crippen LogP contribution in [0.3, 0.4) is 0 Å². The Labute approximate surface area is 163 Å². The normalized spacial score (nSPS) is 12.0. The van der Waals surface area contributed by atoms with Crippen LogP contribution in [0.15, 0.2) is 58.5 Å². The number of carbonyl (C=O) groups is 1. The molecule has 0 aliphatic heterocycles. The van der Waals surface area contributed by atoms with Gasteiger partial charge in [0.2, 0.25) is 5.91 Å².